The average Bonchev–Trinajstić information content (AvgIpc) is 3.39. The van der Waals surface area contributed by atoms with Gasteiger partial charge >= 0.3 is 0 Å². The van der Waals surface area contributed by atoms with Crippen molar-refractivity contribution in [2.75, 3.05) is 12.4 Å². The third-order valence-electron chi connectivity index (χ3n) is 4.86. The molecule has 5 rings (SSSR count). The molecule has 0 bridgehead atoms. The first kappa shape index (κ1) is 18.7. The number of nitrogens with zero attached hydrogens (tertiary/aromatic N) is 8. The normalized spacial score (nSPS) is 11.0. The zero-order valence-electron chi connectivity index (χ0n) is 17.0. The lowest BCUT2D eigenvalue weighted by atomic mass is 10.2. The van der Waals surface area contributed by atoms with E-state index < -0.39 is 0 Å². The maximum Gasteiger partial charge on any atom is 0.228 e. The second kappa shape index (κ2) is 7.82. The molecule has 0 saturated carbocycles. The average molecular weight is 413 g/mol. The summed E-state index contributed by atoms with van der Waals surface area (Å²) in [4.78, 5) is 13.3. The Kier molecular flexibility index (Phi) is 4.71. The second-order valence-electron chi connectivity index (χ2n) is 6.85. The standard InChI is InChI=1S/C21H19N9O/c1-29-18(5-9-24-29)26-21-23-8-4-17(25-21)14-6-10-30-19(11-14)27-28-20(30)13-15-12-16(31-2)3-7-22-15/h3-12H,13H2,1-2H3,(H,23,25,26). The van der Waals surface area contributed by atoms with Crippen molar-refractivity contribution in [1.29, 1.82) is 0 Å². The molecule has 0 amide bonds. The van der Waals surface area contributed by atoms with Crippen molar-refractivity contribution in [3.63, 3.8) is 0 Å². The zero-order chi connectivity index (χ0) is 21.2. The highest BCUT2D eigenvalue weighted by Crippen LogP contribution is 2.21. The highest BCUT2D eigenvalue weighted by atomic mass is 16.5. The van der Waals surface area contributed by atoms with Gasteiger partial charge in [-0.05, 0) is 24.3 Å². The first-order valence-corrected chi connectivity index (χ1v) is 9.60. The minimum Gasteiger partial charge on any atom is -0.497 e. The van der Waals surface area contributed by atoms with Crippen LogP contribution in [0.4, 0.5) is 11.8 Å². The quantitative estimate of drug-likeness (QED) is 0.453. The van der Waals surface area contributed by atoms with Gasteiger partial charge < -0.3 is 10.1 Å². The van der Waals surface area contributed by atoms with E-state index in [1.165, 1.54) is 0 Å². The highest BCUT2D eigenvalue weighted by molar-refractivity contribution is 5.65. The minimum absolute atomic E-state index is 0.493. The van der Waals surface area contributed by atoms with Crippen LogP contribution < -0.4 is 10.1 Å². The molecule has 5 aromatic heterocycles. The molecule has 0 atom stereocenters. The number of aromatic nitrogens is 8. The van der Waals surface area contributed by atoms with Crippen molar-refractivity contribution in [2.45, 2.75) is 6.42 Å². The predicted octanol–water partition coefficient (Wildman–Crippen LogP) is 2.66. The van der Waals surface area contributed by atoms with E-state index in [4.69, 9.17) is 4.74 Å². The first-order chi connectivity index (χ1) is 15.2. The fourth-order valence-corrected chi connectivity index (χ4v) is 3.25. The Labute approximate surface area is 177 Å². The van der Waals surface area contributed by atoms with E-state index in [0.29, 0.717) is 12.4 Å². The molecule has 0 saturated heterocycles. The number of ether oxygens (including phenoxy) is 1. The van der Waals surface area contributed by atoms with Crippen LogP contribution in [0.15, 0.2) is 61.2 Å². The minimum atomic E-state index is 0.493. The Morgan fingerprint density at radius 2 is 1.90 bits per heavy atom. The summed E-state index contributed by atoms with van der Waals surface area (Å²) in [6, 6.07) is 11.4. The topological polar surface area (TPSA) is 108 Å². The molecule has 1 N–H and O–H groups in total. The fraction of sp³-hybridized carbons (Fsp3) is 0.143. The van der Waals surface area contributed by atoms with Crippen molar-refractivity contribution in [2.24, 2.45) is 7.05 Å². The lowest BCUT2D eigenvalue weighted by Gasteiger charge is -2.07. The summed E-state index contributed by atoms with van der Waals surface area (Å²) >= 11 is 0. The predicted molar refractivity (Wildman–Crippen MR) is 114 cm³/mol. The molecule has 0 spiro atoms. The lowest BCUT2D eigenvalue weighted by molar-refractivity contribution is 0.413. The summed E-state index contributed by atoms with van der Waals surface area (Å²) in [5.41, 5.74) is 3.29. The van der Waals surface area contributed by atoms with E-state index in [2.05, 4.69) is 35.6 Å². The van der Waals surface area contributed by atoms with Gasteiger partial charge in [0.05, 0.1) is 31.1 Å². The number of anilines is 2. The van der Waals surface area contributed by atoms with E-state index in [1.54, 1.807) is 30.4 Å². The largest absolute Gasteiger partial charge is 0.497 e. The van der Waals surface area contributed by atoms with Gasteiger partial charge in [-0.3, -0.25) is 14.1 Å². The van der Waals surface area contributed by atoms with E-state index in [9.17, 15) is 0 Å². The third kappa shape index (κ3) is 3.78. The smallest absolute Gasteiger partial charge is 0.228 e. The molecule has 0 aromatic carbocycles. The fourth-order valence-electron chi connectivity index (χ4n) is 3.25. The number of hydrogen-bond donors (Lipinski definition) is 1. The van der Waals surface area contributed by atoms with Crippen molar-refractivity contribution in [1.82, 2.24) is 39.3 Å². The summed E-state index contributed by atoms with van der Waals surface area (Å²) in [5.74, 6) is 2.86. The van der Waals surface area contributed by atoms with Gasteiger partial charge in [0.25, 0.3) is 0 Å². The van der Waals surface area contributed by atoms with Gasteiger partial charge in [0.15, 0.2) is 5.65 Å². The molecule has 0 radical (unpaired) electrons. The molecule has 0 aliphatic rings. The molecule has 0 fully saturated rings. The van der Waals surface area contributed by atoms with Crippen LogP contribution in [-0.2, 0) is 13.5 Å². The number of rotatable bonds is 6. The Bertz CT molecular complexity index is 1360. The lowest BCUT2D eigenvalue weighted by Crippen LogP contribution is -2.03. The van der Waals surface area contributed by atoms with Crippen LogP contribution in [0.2, 0.25) is 0 Å². The number of fused-ring (bicyclic) bond motifs is 1. The monoisotopic (exact) mass is 413 g/mol. The second-order valence-corrected chi connectivity index (χ2v) is 6.85. The number of aryl methyl sites for hydroxylation is 1. The van der Waals surface area contributed by atoms with E-state index in [0.717, 1.165) is 40.0 Å². The maximum atomic E-state index is 5.27. The van der Waals surface area contributed by atoms with Gasteiger partial charge in [-0.1, -0.05) is 0 Å². The Balaban J connectivity index is 1.42. The summed E-state index contributed by atoms with van der Waals surface area (Å²) in [7, 11) is 3.49. The third-order valence-corrected chi connectivity index (χ3v) is 4.86. The van der Waals surface area contributed by atoms with Gasteiger partial charge in [-0.25, -0.2) is 9.97 Å². The molecular weight excluding hydrogens is 394 g/mol. The molecule has 31 heavy (non-hydrogen) atoms. The molecule has 5 heterocycles. The highest BCUT2D eigenvalue weighted by Gasteiger charge is 2.11. The van der Waals surface area contributed by atoms with Crippen LogP contribution in [-0.4, -0.2) is 46.4 Å². The van der Waals surface area contributed by atoms with Crippen LogP contribution in [0.25, 0.3) is 16.9 Å². The number of methoxy groups -OCH3 is 1. The van der Waals surface area contributed by atoms with Crippen LogP contribution in [0, 0.1) is 0 Å². The molecule has 10 heteroatoms. The van der Waals surface area contributed by atoms with Crippen molar-refractivity contribution < 1.29 is 4.74 Å². The maximum absolute atomic E-state index is 5.27. The van der Waals surface area contributed by atoms with Crippen LogP contribution in [0.3, 0.4) is 0 Å². The van der Waals surface area contributed by atoms with Crippen molar-refractivity contribution >= 4 is 17.4 Å². The van der Waals surface area contributed by atoms with Gasteiger partial charge in [0.1, 0.15) is 17.4 Å². The molecule has 0 unspecified atom stereocenters. The molecular formula is C21H19N9O. The van der Waals surface area contributed by atoms with Crippen molar-refractivity contribution in [3.8, 4) is 17.0 Å². The van der Waals surface area contributed by atoms with Crippen LogP contribution in [0.1, 0.15) is 11.5 Å². The summed E-state index contributed by atoms with van der Waals surface area (Å²) < 4.78 is 8.93. The van der Waals surface area contributed by atoms with E-state index in [1.807, 2.05) is 54.0 Å². The van der Waals surface area contributed by atoms with E-state index >= 15 is 0 Å². The summed E-state index contributed by atoms with van der Waals surface area (Å²) in [5, 5.41) is 16.0. The van der Waals surface area contributed by atoms with E-state index in [-0.39, 0.29) is 0 Å². The number of nitrogens with one attached hydrogen (secondary N) is 1. The number of pyridine rings is 2. The van der Waals surface area contributed by atoms with Crippen molar-refractivity contribution in [3.05, 3.63) is 72.7 Å². The number of hydrogen-bond acceptors (Lipinski definition) is 8. The van der Waals surface area contributed by atoms with Gasteiger partial charge in [0, 0.05) is 43.3 Å². The Morgan fingerprint density at radius 1 is 1.00 bits per heavy atom. The molecule has 5 aromatic rings. The van der Waals surface area contributed by atoms with Gasteiger partial charge in [-0.15, -0.1) is 10.2 Å². The van der Waals surface area contributed by atoms with Crippen LogP contribution in [0.5, 0.6) is 5.75 Å². The van der Waals surface area contributed by atoms with Gasteiger partial charge in [0.2, 0.25) is 5.95 Å². The molecule has 0 aliphatic carbocycles. The summed E-state index contributed by atoms with van der Waals surface area (Å²) in [6.45, 7) is 0. The summed E-state index contributed by atoms with van der Waals surface area (Å²) in [6.07, 6.45) is 7.64. The molecule has 0 aliphatic heterocycles. The molecule has 154 valence electrons. The molecule has 10 nitrogen and oxygen atoms in total. The Morgan fingerprint density at radius 3 is 2.74 bits per heavy atom. The Hall–Kier alpha value is -4.34. The van der Waals surface area contributed by atoms with Crippen LogP contribution >= 0.6 is 0 Å². The van der Waals surface area contributed by atoms with Gasteiger partial charge in [-0.2, -0.15) is 5.10 Å². The first-order valence-electron chi connectivity index (χ1n) is 9.60. The SMILES string of the molecule is COc1ccnc(Cc2nnc3cc(-c4ccnc(Nc5ccnn5C)n4)ccn23)c1. The zero-order valence-corrected chi connectivity index (χ0v) is 17.0.